The van der Waals surface area contributed by atoms with E-state index in [-0.39, 0.29) is 17.9 Å². The molecule has 5 nitrogen and oxygen atoms in total. The van der Waals surface area contributed by atoms with Gasteiger partial charge in [0, 0.05) is 30.3 Å². The van der Waals surface area contributed by atoms with E-state index in [1.807, 2.05) is 17.0 Å². The minimum absolute atomic E-state index is 0.0512. The Morgan fingerprint density at radius 2 is 2.00 bits per heavy atom. The number of aliphatic hydroxyl groups is 1. The van der Waals surface area contributed by atoms with Gasteiger partial charge in [0.1, 0.15) is 17.5 Å². The number of carbonyl (C=O) groups excluding carboxylic acids is 1. The van der Waals surface area contributed by atoms with Gasteiger partial charge in [-0.05, 0) is 36.8 Å². The van der Waals surface area contributed by atoms with Gasteiger partial charge >= 0.3 is 0 Å². The molecular weight excluding hydrogens is 328 g/mol. The van der Waals surface area contributed by atoms with Crippen molar-refractivity contribution in [1.82, 2.24) is 10.1 Å². The van der Waals surface area contributed by atoms with E-state index in [4.69, 9.17) is 16.1 Å². The van der Waals surface area contributed by atoms with Crippen LogP contribution in [-0.2, 0) is 0 Å². The van der Waals surface area contributed by atoms with Gasteiger partial charge < -0.3 is 14.5 Å². The van der Waals surface area contributed by atoms with Crippen molar-refractivity contribution < 1.29 is 14.4 Å². The number of hydrogen-bond acceptors (Lipinski definition) is 4. The maximum absolute atomic E-state index is 12.8. The van der Waals surface area contributed by atoms with Crippen LogP contribution in [0.25, 0.3) is 11.3 Å². The molecule has 1 aliphatic heterocycles. The summed E-state index contributed by atoms with van der Waals surface area (Å²) in [7, 11) is 0. The molecule has 3 rings (SSSR count). The maximum atomic E-state index is 12.8. The SMILES string of the molecule is CCC1(CO)CCN(C(=O)c2conc2-c2ccc(Cl)cc2)CC1. The topological polar surface area (TPSA) is 66.6 Å². The van der Waals surface area contributed by atoms with Crippen molar-refractivity contribution in [2.75, 3.05) is 19.7 Å². The summed E-state index contributed by atoms with van der Waals surface area (Å²) < 4.78 is 5.06. The first-order valence-electron chi connectivity index (χ1n) is 8.19. The van der Waals surface area contributed by atoms with E-state index in [0.717, 1.165) is 24.8 Å². The summed E-state index contributed by atoms with van der Waals surface area (Å²) in [4.78, 5) is 14.7. The summed E-state index contributed by atoms with van der Waals surface area (Å²) in [6, 6.07) is 7.16. The molecule has 24 heavy (non-hydrogen) atoms. The molecule has 1 aromatic heterocycles. The first-order chi connectivity index (χ1) is 11.6. The minimum Gasteiger partial charge on any atom is -0.396 e. The second-order valence-electron chi connectivity index (χ2n) is 6.39. The Balaban J connectivity index is 1.78. The summed E-state index contributed by atoms with van der Waals surface area (Å²) in [6.07, 6.45) is 3.95. The molecule has 0 unspecified atom stereocenters. The monoisotopic (exact) mass is 348 g/mol. The zero-order valence-electron chi connectivity index (χ0n) is 13.7. The number of amides is 1. The smallest absolute Gasteiger partial charge is 0.259 e. The number of aliphatic hydroxyl groups excluding tert-OH is 1. The Labute approximate surface area is 146 Å². The summed E-state index contributed by atoms with van der Waals surface area (Å²) >= 11 is 5.91. The molecule has 1 aliphatic rings. The lowest BCUT2D eigenvalue weighted by atomic mass is 9.77. The third-order valence-corrected chi connectivity index (χ3v) is 5.37. The molecule has 1 aromatic carbocycles. The van der Waals surface area contributed by atoms with Crippen LogP contribution in [0.5, 0.6) is 0 Å². The van der Waals surface area contributed by atoms with Crippen LogP contribution >= 0.6 is 11.6 Å². The predicted octanol–water partition coefficient (Wildman–Crippen LogP) is 3.62. The highest BCUT2D eigenvalue weighted by Crippen LogP contribution is 2.35. The molecule has 1 amide bonds. The molecule has 0 bridgehead atoms. The van der Waals surface area contributed by atoms with Crippen LogP contribution in [0.2, 0.25) is 5.02 Å². The Morgan fingerprint density at radius 1 is 1.33 bits per heavy atom. The zero-order valence-corrected chi connectivity index (χ0v) is 14.4. The third-order valence-electron chi connectivity index (χ3n) is 5.11. The van der Waals surface area contributed by atoms with Crippen molar-refractivity contribution in [3.63, 3.8) is 0 Å². The number of nitrogens with zero attached hydrogens (tertiary/aromatic N) is 2. The molecule has 0 saturated carbocycles. The van der Waals surface area contributed by atoms with Gasteiger partial charge in [-0.3, -0.25) is 4.79 Å². The fourth-order valence-electron chi connectivity index (χ4n) is 3.18. The van der Waals surface area contributed by atoms with Crippen molar-refractivity contribution in [3.05, 3.63) is 41.1 Å². The van der Waals surface area contributed by atoms with Crippen LogP contribution in [0.3, 0.4) is 0 Å². The molecule has 2 aromatic rings. The van der Waals surface area contributed by atoms with Crippen LogP contribution in [-0.4, -0.2) is 40.8 Å². The number of carbonyl (C=O) groups is 1. The second kappa shape index (κ2) is 6.95. The predicted molar refractivity (Wildman–Crippen MR) is 91.9 cm³/mol. The quantitative estimate of drug-likeness (QED) is 0.916. The van der Waals surface area contributed by atoms with Gasteiger partial charge in [-0.2, -0.15) is 0 Å². The first-order valence-corrected chi connectivity index (χ1v) is 8.57. The van der Waals surface area contributed by atoms with E-state index in [0.29, 0.717) is 29.4 Å². The highest BCUT2D eigenvalue weighted by Gasteiger charge is 2.35. The van der Waals surface area contributed by atoms with Crippen LogP contribution in [0.4, 0.5) is 0 Å². The van der Waals surface area contributed by atoms with E-state index in [2.05, 4.69) is 12.1 Å². The molecule has 0 aliphatic carbocycles. The Hall–Kier alpha value is -1.85. The number of piperidine rings is 1. The van der Waals surface area contributed by atoms with Crippen LogP contribution < -0.4 is 0 Å². The van der Waals surface area contributed by atoms with Crippen LogP contribution in [0.15, 0.2) is 35.1 Å². The lowest BCUT2D eigenvalue weighted by Crippen LogP contribution is -2.44. The maximum Gasteiger partial charge on any atom is 0.259 e. The van der Waals surface area contributed by atoms with Crippen molar-refractivity contribution in [2.45, 2.75) is 26.2 Å². The molecule has 128 valence electrons. The molecule has 0 radical (unpaired) electrons. The summed E-state index contributed by atoms with van der Waals surface area (Å²) in [5.74, 6) is -0.0798. The number of hydrogen-bond donors (Lipinski definition) is 1. The number of aromatic nitrogens is 1. The Bertz CT molecular complexity index is 697. The largest absolute Gasteiger partial charge is 0.396 e. The van der Waals surface area contributed by atoms with Gasteiger partial charge in [0.15, 0.2) is 0 Å². The average Bonchev–Trinajstić information content (AvgIpc) is 3.11. The molecular formula is C18H21ClN2O3. The number of benzene rings is 1. The molecule has 0 atom stereocenters. The van der Waals surface area contributed by atoms with Crippen LogP contribution in [0.1, 0.15) is 36.5 Å². The normalized spacial score (nSPS) is 17.0. The fourth-order valence-corrected chi connectivity index (χ4v) is 3.31. The molecule has 1 saturated heterocycles. The van der Waals surface area contributed by atoms with Gasteiger partial charge in [0.2, 0.25) is 0 Å². The Kier molecular flexibility index (Phi) is 4.92. The highest BCUT2D eigenvalue weighted by molar-refractivity contribution is 6.30. The van der Waals surface area contributed by atoms with Crippen molar-refractivity contribution in [1.29, 1.82) is 0 Å². The lowest BCUT2D eigenvalue weighted by molar-refractivity contribution is 0.0338. The van der Waals surface area contributed by atoms with Gasteiger partial charge in [0.25, 0.3) is 5.91 Å². The Morgan fingerprint density at radius 3 is 2.58 bits per heavy atom. The number of rotatable bonds is 4. The third kappa shape index (κ3) is 3.19. The highest BCUT2D eigenvalue weighted by atomic mass is 35.5. The fraction of sp³-hybridized carbons (Fsp3) is 0.444. The summed E-state index contributed by atoms with van der Waals surface area (Å²) in [6.45, 7) is 3.54. The van der Waals surface area contributed by atoms with Gasteiger partial charge in [-0.15, -0.1) is 0 Å². The van der Waals surface area contributed by atoms with Gasteiger partial charge in [-0.25, -0.2) is 0 Å². The first kappa shape index (κ1) is 17.0. The molecule has 1 N–H and O–H groups in total. The number of halogens is 1. The van der Waals surface area contributed by atoms with E-state index in [1.54, 1.807) is 12.1 Å². The lowest BCUT2D eigenvalue weighted by Gasteiger charge is -2.40. The van der Waals surface area contributed by atoms with Crippen molar-refractivity contribution in [3.8, 4) is 11.3 Å². The van der Waals surface area contributed by atoms with E-state index < -0.39 is 0 Å². The van der Waals surface area contributed by atoms with E-state index >= 15 is 0 Å². The van der Waals surface area contributed by atoms with Crippen molar-refractivity contribution in [2.24, 2.45) is 5.41 Å². The minimum atomic E-state index is -0.0798. The molecule has 1 fully saturated rings. The molecule has 6 heteroatoms. The van der Waals surface area contributed by atoms with E-state index in [9.17, 15) is 9.90 Å². The van der Waals surface area contributed by atoms with E-state index in [1.165, 1.54) is 6.26 Å². The van der Waals surface area contributed by atoms with Gasteiger partial charge in [-0.1, -0.05) is 35.8 Å². The molecule has 2 heterocycles. The number of likely N-dealkylation sites (tertiary alicyclic amines) is 1. The van der Waals surface area contributed by atoms with Crippen molar-refractivity contribution >= 4 is 17.5 Å². The second-order valence-corrected chi connectivity index (χ2v) is 6.82. The standard InChI is InChI=1S/C18H21ClN2O3/c1-2-18(12-22)7-9-21(10-8-18)17(23)15-11-24-20-16(15)13-3-5-14(19)6-4-13/h3-6,11,22H,2,7-10,12H2,1H3. The average molecular weight is 349 g/mol. The summed E-state index contributed by atoms with van der Waals surface area (Å²) in [5, 5.41) is 14.2. The van der Waals surface area contributed by atoms with Crippen LogP contribution in [0, 0.1) is 5.41 Å². The zero-order chi connectivity index (χ0) is 17.2. The van der Waals surface area contributed by atoms with Gasteiger partial charge in [0.05, 0.1) is 0 Å². The summed E-state index contributed by atoms with van der Waals surface area (Å²) in [5.41, 5.74) is 1.74. The molecule has 0 spiro atoms.